The summed E-state index contributed by atoms with van der Waals surface area (Å²) in [5.74, 6) is -0.0787. The largest absolute Gasteiger partial charge is 0.481 e. The summed E-state index contributed by atoms with van der Waals surface area (Å²) in [5.41, 5.74) is 1.32. The number of rotatable bonds is 6. The lowest BCUT2D eigenvalue weighted by atomic mass is 10.1. The zero-order valence-corrected chi connectivity index (χ0v) is 18.5. The molecule has 0 aliphatic carbocycles. The van der Waals surface area contributed by atoms with Crippen LogP contribution in [0, 0.1) is 15.9 Å². The maximum atomic E-state index is 13.2. The molecule has 3 aromatic rings. The number of aromatic nitrogens is 1. The van der Waals surface area contributed by atoms with Gasteiger partial charge in [-0.1, -0.05) is 12.1 Å². The molecule has 9 heteroatoms. The van der Waals surface area contributed by atoms with E-state index in [4.69, 9.17) is 4.74 Å². The van der Waals surface area contributed by atoms with E-state index in [1.165, 1.54) is 30.5 Å². The third-order valence-corrected chi connectivity index (χ3v) is 5.99. The van der Waals surface area contributed by atoms with Crippen LogP contribution in [0.25, 0.3) is 10.9 Å². The monoisotopic (exact) mass is 452 g/mol. The molecule has 2 heterocycles. The average molecular weight is 452 g/mol. The number of halogens is 1. The van der Waals surface area contributed by atoms with Crippen molar-refractivity contribution >= 4 is 22.5 Å². The fourth-order valence-electron chi connectivity index (χ4n) is 4.22. The molecular weight excluding hydrogens is 427 g/mol. The number of nitro benzene ring substituents is 1. The lowest BCUT2D eigenvalue weighted by Gasteiger charge is -2.44. The van der Waals surface area contributed by atoms with E-state index >= 15 is 0 Å². The Morgan fingerprint density at radius 3 is 2.64 bits per heavy atom. The number of nitro groups is 1. The van der Waals surface area contributed by atoms with Gasteiger partial charge in [0.25, 0.3) is 11.6 Å². The number of benzene rings is 2. The van der Waals surface area contributed by atoms with Gasteiger partial charge in [-0.3, -0.25) is 24.8 Å². The molecule has 0 radical (unpaired) electrons. The van der Waals surface area contributed by atoms with Gasteiger partial charge >= 0.3 is 0 Å². The summed E-state index contributed by atoms with van der Waals surface area (Å²) < 4.78 is 18.9. The first-order valence-electron chi connectivity index (χ1n) is 10.8. The minimum Gasteiger partial charge on any atom is -0.481 e. The molecule has 4 rings (SSSR count). The molecule has 2 aromatic carbocycles. The Morgan fingerprint density at radius 1 is 1.15 bits per heavy atom. The van der Waals surface area contributed by atoms with Crippen LogP contribution in [0.5, 0.6) is 5.75 Å². The Labute approximate surface area is 190 Å². The molecule has 0 bridgehead atoms. The molecule has 2 unspecified atom stereocenters. The molecule has 0 saturated carbocycles. The van der Waals surface area contributed by atoms with Crippen LogP contribution in [0.15, 0.2) is 54.7 Å². The average Bonchev–Trinajstić information content (AvgIpc) is 2.80. The molecule has 1 saturated heterocycles. The summed E-state index contributed by atoms with van der Waals surface area (Å²) in [6, 6.07) is 12.6. The van der Waals surface area contributed by atoms with Gasteiger partial charge in [0.15, 0.2) is 6.61 Å². The number of carbonyl (C=O) groups excluding carboxylic acids is 1. The van der Waals surface area contributed by atoms with Crippen LogP contribution in [-0.2, 0) is 11.3 Å². The van der Waals surface area contributed by atoms with Crippen LogP contribution in [-0.4, -0.2) is 57.4 Å². The molecule has 33 heavy (non-hydrogen) atoms. The first kappa shape index (κ1) is 22.6. The van der Waals surface area contributed by atoms with Gasteiger partial charge in [-0.2, -0.15) is 0 Å². The van der Waals surface area contributed by atoms with Gasteiger partial charge < -0.3 is 9.64 Å². The lowest BCUT2D eigenvalue weighted by Crippen LogP contribution is -2.58. The maximum Gasteiger partial charge on any atom is 0.279 e. The van der Waals surface area contributed by atoms with E-state index in [0.717, 1.165) is 5.56 Å². The van der Waals surface area contributed by atoms with Gasteiger partial charge in [0, 0.05) is 44.0 Å². The zero-order valence-electron chi connectivity index (χ0n) is 18.5. The van der Waals surface area contributed by atoms with E-state index in [1.807, 2.05) is 6.92 Å². The summed E-state index contributed by atoms with van der Waals surface area (Å²) in [4.78, 5) is 32.1. The Kier molecular flexibility index (Phi) is 6.50. The highest BCUT2D eigenvalue weighted by atomic mass is 19.1. The molecule has 1 aromatic heterocycles. The van der Waals surface area contributed by atoms with Crippen molar-refractivity contribution in [3.63, 3.8) is 0 Å². The fraction of sp³-hybridized carbons (Fsp3) is 0.333. The maximum absolute atomic E-state index is 13.2. The molecule has 0 spiro atoms. The highest BCUT2D eigenvalue weighted by molar-refractivity contribution is 5.92. The van der Waals surface area contributed by atoms with Crippen LogP contribution in [0.2, 0.25) is 0 Å². The number of ether oxygens (including phenoxy) is 1. The van der Waals surface area contributed by atoms with Gasteiger partial charge in [0.05, 0.1) is 10.3 Å². The quantitative estimate of drug-likeness (QED) is 0.418. The van der Waals surface area contributed by atoms with Crippen LogP contribution in [0.4, 0.5) is 10.1 Å². The number of hydrogen-bond donors (Lipinski definition) is 0. The number of fused-ring (bicyclic) bond motifs is 1. The Hall–Kier alpha value is -3.59. The minimum atomic E-state index is -0.465. The molecular formula is C24H25FN4O4. The second-order valence-corrected chi connectivity index (χ2v) is 8.33. The summed E-state index contributed by atoms with van der Waals surface area (Å²) in [7, 11) is 0. The van der Waals surface area contributed by atoms with E-state index in [2.05, 4.69) is 16.8 Å². The molecule has 1 aliphatic rings. The van der Waals surface area contributed by atoms with Crippen molar-refractivity contribution < 1.29 is 18.8 Å². The van der Waals surface area contributed by atoms with Crippen molar-refractivity contribution in [2.45, 2.75) is 32.5 Å². The van der Waals surface area contributed by atoms with Crippen LogP contribution in [0.1, 0.15) is 19.4 Å². The van der Waals surface area contributed by atoms with Crippen molar-refractivity contribution in [1.82, 2.24) is 14.8 Å². The van der Waals surface area contributed by atoms with E-state index in [1.54, 1.807) is 29.2 Å². The molecule has 172 valence electrons. The summed E-state index contributed by atoms with van der Waals surface area (Å²) in [5, 5.41) is 11.6. The molecule has 1 fully saturated rings. The van der Waals surface area contributed by atoms with E-state index in [0.29, 0.717) is 36.3 Å². The van der Waals surface area contributed by atoms with E-state index in [9.17, 15) is 19.3 Å². The number of amides is 1. The van der Waals surface area contributed by atoms with Crippen LogP contribution in [0.3, 0.4) is 0 Å². The number of pyridine rings is 1. The minimum absolute atomic E-state index is 0.0236. The summed E-state index contributed by atoms with van der Waals surface area (Å²) in [6.07, 6.45) is 1.53. The molecule has 0 N–H and O–H groups in total. The van der Waals surface area contributed by atoms with Crippen LogP contribution < -0.4 is 4.74 Å². The predicted octanol–water partition coefficient (Wildman–Crippen LogP) is 3.78. The standard InChI is InChI=1S/C24H25FN4O4/c1-16-13-28(17(2)12-27(16)14-18-5-7-19(25)8-6-18)23(30)15-33-22-10-9-21(29(31)32)20-4-3-11-26-24(20)22/h3-11,16-17H,12-15H2,1-2H3. The topological polar surface area (TPSA) is 88.8 Å². The van der Waals surface area contributed by atoms with Gasteiger partial charge in [-0.25, -0.2) is 4.39 Å². The van der Waals surface area contributed by atoms with Gasteiger partial charge in [-0.05, 0) is 49.7 Å². The highest BCUT2D eigenvalue weighted by Crippen LogP contribution is 2.31. The predicted molar refractivity (Wildman–Crippen MR) is 121 cm³/mol. The Morgan fingerprint density at radius 2 is 1.91 bits per heavy atom. The molecule has 8 nitrogen and oxygen atoms in total. The summed E-state index contributed by atoms with van der Waals surface area (Å²) in [6.45, 7) is 5.79. The second-order valence-electron chi connectivity index (χ2n) is 8.33. The molecule has 1 amide bonds. The van der Waals surface area contributed by atoms with Crippen molar-refractivity contribution in [2.24, 2.45) is 0 Å². The first-order chi connectivity index (χ1) is 15.8. The Bertz CT molecular complexity index is 1170. The Balaban J connectivity index is 1.41. The normalized spacial score (nSPS) is 18.9. The van der Waals surface area contributed by atoms with Gasteiger partial charge in [-0.15, -0.1) is 0 Å². The number of carbonyl (C=O) groups is 1. The first-order valence-corrected chi connectivity index (χ1v) is 10.8. The lowest BCUT2D eigenvalue weighted by molar-refractivity contribution is -0.383. The van der Waals surface area contributed by atoms with Crippen molar-refractivity contribution in [1.29, 1.82) is 0 Å². The van der Waals surface area contributed by atoms with Gasteiger partial charge in [0.2, 0.25) is 0 Å². The van der Waals surface area contributed by atoms with Crippen molar-refractivity contribution in [3.8, 4) is 5.75 Å². The third kappa shape index (κ3) is 4.93. The molecule has 2 atom stereocenters. The van der Waals surface area contributed by atoms with Crippen molar-refractivity contribution in [3.05, 3.63) is 76.2 Å². The van der Waals surface area contributed by atoms with Gasteiger partial charge in [0.1, 0.15) is 17.1 Å². The van der Waals surface area contributed by atoms with Crippen molar-refractivity contribution in [2.75, 3.05) is 19.7 Å². The summed E-state index contributed by atoms with van der Waals surface area (Å²) >= 11 is 0. The number of nitrogens with zero attached hydrogens (tertiary/aromatic N) is 4. The number of non-ortho nitro benzene ring substituents is 1. The number of piperazine rings is 1. The smallest absolute Gasteiger partial charge is 0.279 e. The SMILES string of the molecule is CC1CN(C(=O)COc2ccc([N+](=O)[O-])c3cccnc23)C(C)CN1Cc1ccc(F)cc1. The van der Waals surface area contributed by atoms with E-state index < -0.39 is 4.92 Å². The van der Waals surface area contributed by atoms with Crippen LogP contribution >= 0.6 is 0 Å². The highest BCUT2D eigenvalue weighted by Gasteiger charge is 2.32. The zero-order chi connectivity index (χ0) is 23.5. The second kappa shape index (κ2) is 9.50. The van der Waals surface area contributed by atoms with E-state index in [-0.39, 0.29) is 36.1 Å². The number of hydrogen-bond acceptors (Lipinski definition) is 6. The fourth-order valence-corrected chi connectivity index (χ4v) is 4.22. The third-order valence-electron chi connectivity index (χ3n) is 5.99. The molecule has 1 aliphatic heterocycles.